The number of carbonyl (C=O) groups is 1. The van der Waals surface area contributed by atoms with E-state index in [-0.39, 0.29) is 6.03 Å². The van der Waals surface area contributed by atoms with Gasteiger partial charge < -0.3 is 15.1 Å². The molecule has 144 valence electrons. The minimum absolute atomic E-state index is 0.107. The van der Waals surface area contributed by atoms with Gasteiger partial charge in [-0.15, -0.1) is 0 Å². The Morgan fingerprint density at radius 3 is 2.31 bits per heavy atom. The number of carbonyl (C=O) groups excluding carboxylic acids is 1. The van der Waals surface area contributed by atoms with Crippen LogP contribution in [0.2, 0.25) is 0 Å². The van der Waals surface area contributed by atoms with Crippen LogP contribution in [0.1, 0.15) is 69.0 Å². The lowest BCUT2D eigenvalue weighted by atomic mass is 9.96. The fourth-order valence-electron chi connectivity index (χ4n) is 4.25. The molecule has 1 aromatic rings. The van der Waals surface area contributed by atoms with Crippen molar-refractivity contribution in [1.29, 1.82) is 0 Å². The fraction of sp³-hybridized carbons (Fsp3) is 0.750. The van der Waals surface area contributed by atoms with E-state index >= 15 is 0 Å². The Hall–Kier alpha value is -1.85. The molecule has 1 saturated heterocycles. The molecule has 0 atom stereocenters. The third kappa shape index (κ3) is 4.27. The normalized spacial score (nSPS) is 19.1. The smallest absolute Gasteiger partial charge is 0.317 e. The number of nitrogens with one attached hydrogen (secondary N) is 1. The maximum Gasteiger partial charge on any atom is 0.317 e. The van der Waals surface area contributed by atoms with Gasteiger partial charge in [0.15, 0.2) is 0 Å². The Morgan fingerprint density at radius 1 is 1.04 bits per heavy atom. The number of nitrogens with zero attached hydrogens (tertiary/aromatic N) is 4. The maximum atomic E-state index is 12.6. The van der Waals surface area contributed by atoms with Crippen LogP contribution < -0.4 is 10.2 Å². The summed E-state index contributed by atoms with van der Waals surface area (Å²) < 4.78 is 0. The molecule has 1 aromatic heterocycles. The van der Waals surface area contributed by atoms with Crippen molar-refractivity contribution in [2.75, 3.05) is 31.1 Å². The van der Waals surface area contributed by atoms with E-state index in [9.17, 15) is 4.79 Å². The van der Waals surface area contributed by atoms with Crippen LogP contribution in [0, 0.1) is 13.8 Å². The van der Waals surface area contributed by atoms with Gasteiger partial charge in [0, 0.05) is 43.5 Å². The number of hydrogen-bond acceptors (Lipinski definition) is 4. The van der Waals surface area contributed by atoms with Gasteiger partial charge in [0.05, 0.1) is 0 Å². The van der Waals surface area contributed by atoms with E-state index in [1.54, 1.807) is 0 Å². The quantitative estimate of drug-likeness (QED) is 0.899. The first-order chi connectivity index (χ1) is 12.5. The highest BCUT2D eigenvalue weighted by molar-refractivity contribution is 5.75. The van der Waals surface area contributed by atoms with Crippen molar-refractivity contribution in [3.05, 3.63) is 17.1 Å². The van der Waals surface area contributed by atoms with Crippen LogP contribution in [0.25, 0.3) is 0 Å². The standard InChI is InChI=1S/C20H33N5O/c1-14(2)18-15(3)21-16(4)22-19(18)24-10-12-25(13-11-24)20(26)23-17-8-6-5-7-9-17/h14,17H,5-13H2,1-4H3,(H,23,26). The molecule has 0 bridgehead atoms. The Morgan fingerprint density at radius 2 is 1.69 bits per heavy atom. The molecule has 1 saturated carbocycles. The highest BCUT2D eigenvalue weighted by Gasteiger charge is 2.26. The third-order valence-corrected chi connectivity index (χ3v) is 5.60. The molecule has 1 aliphatic heterocycles. The average molecular weight is 360 g/mol. The van der Waals surface area contributed by atoms with Gasteiger partial charge in [-0.3, -0.25) is 0 Å². The van der Waals surface area contributed by atoms with Crippen molar-refractivity contribution in [3.8, 4) is 0 Å². The van der Waals surface area contributed by atoms with Crippen LogP contribution in [0.4, 0.5) is 10.6 Å². The molecule has 6 nitrogen and oxygen atoms in total. The minimum atomic E-state index is 0.107. The van der Waals surface area contributed by atoms with E-state index < -0.39 is 0 Å². The zero-order chi connectivity index (χ0) is 18.7. The summed E-state index contributed by atoms with van der Waals surface area (Å²) >= 11 is 0. The summed E-state index contributed by atoms with van der Waals surface area (Å²) in [6.07, 6.45) is 6.04. The zero-order valence-corrected chi connectivity index (χ0v) is 16.7. The van der Waals surface area contributed by atoms with Gasteiger partial charge in [-0.05, 0) is 32.6 Å². The van der Waals surface area contributed by atoms with E-state index in [0.717, 1.165) is 56.4 Å². The third-order valence-electron chi connectivity index (χ3n) is 5.60. The van der Waals surface area contributed by atoms with Gasteiger partial charge in [0.2, 0.25) is 0 Å². The Labute approximate surface area is 157 Å². The molecule has 26 heavy (non-hydrogen) atoms. The highest BCUT2D eigenvalue weighted by Crippen LogP contribution is 2.29. The molecule has 2 heterocycles. The van der Waals surface area contributed by atoms with E-state index in [1.165, 1.54) is 24.8 Å². The van der Waals surface area contributed by atoms with Crippen molar-refractivity contribution in [2.24, 2.45) is 0 Å². The second-order valence-corrected chi connectivity index (χ2v) is 8.01. The predicted octanol–water partition coefficient (Wildman–Crippen LogP) is 3.38. The highest BCUT2D eigenvalue weighted by atomic mass is 16.2. The SMILES string of the molecule is Cc1nc(C)c(C(C)C)c(N2CCN(C(=O)NC3CCCCC3)CC2)n1. The summed E-state index contributed by atoms with van der Waals surface area (Å²) in [4.78, 5) is 26.1. The number of amides is 2. The lowest BCUT2D eigenvalue weighted by molar-refractivity contribution is 0.186. The van der Waals surface area contributed by atoms with Crippen LogP contribution in [-0.4, -0.2) is 53.1 Å². The molecule has 3 rings (SSSR count). The molecule has 2 fully saturated rings. The van der Waals surface area contributed by atoms with Gasteiger partial charge in [0.25, 0.3) is 0 Å². The summed E-state index contributed by atoms with van der Waals surface area (Å²) in [7, 11) is 0. The molecule has 2 aliphatic rings. The van der Waals surface area contributed by atoms with E-state index in [4.69, 9.17) is 4.98 Å². The number of urea groups is 1. The van der Waals surface area contributed by atoms with Crippen molar-refractivity contribution in [3.63, 3.8) is 0 Å². The van der Waals surface area contributed by atoms with Crippen LogP contribution in [0.5, 0.6) is 0 Å². The molecule has 0 aromatic carbocycles. The van der Waals surface area contributed by atoms with E-state index in [1.807, 2.05) is 11.8 Å². The van der Waals surface area contributed by atoms with E-state index in [0.29, 0.717) is 12.0 Å². The van der Waals surface area contributed by atoms with Crippen LogP contribution in [0.15, 0.2) is 0 Å². The molecule has 2 amide bonds. The lowest BCUT2D eigenvalue weighted by Gasteiger charge is -2.37. The summed E-state index contributed by atoms with van der Waals surface area (Å²) in [6.45, 7) is 11.6. The summed E-state index contributed by atoms with van der Waals surface area (Å²) in [5, 5.41) is 3.23. The molecule has 1 aliphatic carbocycles. The molecule has 1 N–H and O–H groups in total. The summed E-state index contributed by atoms with van der Waals surface area (Å²) in [5.74, 6) is 2.26. The molecule has 0 unspecified atom stereocenters. The number of aromatic nitrogens is 2. The minimum Gasteiger partial charge on any atom is -0.353 e. The first-order valence-electron chi connectivity index (χ1n) is 10.1. The second-order valence-electron chi connectivity index (χ2n) is 8.01. The Kier molecular flexibility index (Phi) is 5.99. The Balaban J connectivity index is 1.62. The first kappa shape index (κ1) is 18.9. The van der Waals surface area contributed by atoms with Gasteiger partial charge >= 0.3 is 6.03 Å². The van der Waals surface area contributed by atoms with Crippen LogP contribution in [0.3, 0.4) is 0 Å². The van der Waals surface area contributed by atoms with Crippen LogP contribution in [-0.2, 0) is 0 Å². The first-order valence-corrected chi connectivity index (χ1v) is 10.1. The lowest BCUT2D eigenvalue weighted by Crippen LogP contribution is -2.54. The molecule has 0 radical (unpaired) electrons. The van der Waals surface area contributed by atoms with Crippen LogP contribution >= 0.6 is 0 Å². The van der Waals surface area contributed by atoms with Gasteiger partial charge in [-0.25, -0.2) is 14.8 Å². The van der Waals surface area contributed by atoms with Crippen molar-refractivity contribution >= 4 is 11.8 Å². The molecule has 6 heteroatoms. The topological polar surface area (TPSA) is 61.4 Å². The fourth-order valence-corrected chi connectivity index (χ4v) is 4.25. The van der Waals surface area contributed by atoms with Crippen molar-refractivity contribution < 1.29 is 4.79 Å². The van der Waals surface area contributed by atoms with Crippen molar-refractivity contribution in [2.45, 2.75) is 71.8 Å². The summed E-state index contributed by atoms with van der Waals surface area (Å²) in [6, 6.07) is 0.477. The number of hydrogen-bond donors (Lipinski definition) is 1. The average Bonchev–Trinajstić information content (AvgIpc) is 2.61. The van der Waals surface area contributed by atoms with E-state index in [2.05, 4.69) is 36.0 Å². The Bertz CT molecular complexity index is 631. The number of aryl methyl sites for hydroxylation is 2. The predicted molar refractivity (Wildman–Crippen MR) is 105 cm³/mol. The molecular formula is C20H33N5O. The second kappa shape index (κ2) is 8.23. The molecular weight excluding hydrogens is 326 g/mol. The van der Waals surface area contributed by atoms with Gasteiger partial charge in [-0.1, -0.05) is 33.1 Å². The van der Waals surface area contributed by atoms with Crippen molar-refractivity contribution in [1.82, 2.24) is 20.2 Å². The number of rotatable bonds is 3. The maximum absolute atomic E-state index is 12.6. The number of piperazine rings is 1. The largest absolute Gasteiger partial charge is 0.353 e. The van der Waals surface area contributed by atoms with Gasteiger partial charge in [-0.2, -0.15) is 0 Å². The zero-order valence-electron chi connectivity index (χ0n) is 16.7. The monoisotopic (exact) mass is 359 g/mol. The summed E-state index contributed by atoms with van der Waals surface area (Å²) in [5.41, 5.74) is 2.30. The van der Waals surface area contributed by atoms with Gasteiger partial charge in [0.1, 0.15) is 11.6 Å². The molecule has 0 spiro atoms. The number of anilines is 1.